The summed E-state index contributed by atoms with van der Waals surface area (Å²) < 4.78 is 34.3. The van der Waals surface area contributed by atoms with Gasteiger partial charge in [0.1, 0.15) is 5.60 Å². The molecule has 0 heterocycles. The Bertz CT molecular complexity index is 304. The van der Waals surface area contributed by atoms with Gasteiger partial charge in [0, 0.05) is 0 Å². The fourth-order valence-corrected chi connectivity index (χ4v) is 1.99. The molecule has 0 saturated carbocycles. The van der Waals surface area contributed by atoms with E-state index in [1.54, 1.807) is 13.8 Å². The molecule has 2 N–H and O–H groups in total. The fourth-order valence-electron chi connectivity index (χ4n) is 1.23. The maximum absolute atomic E-state index is 10.6. The van der Waals surface area contributed by atoms with E-state index in [4.69, 9.17) is 9.76 Å². The molecular formula is C7H15NO5S. The van der Waals surface area contributed by atoms with E-state index in [-0.39, 0.29) is 18.6 Å². The molecule has 0 spiro atoms. The normalized spacial score (nSPS) is 14.4. The molecule has 6 nitrogen and oxygen atoms in total. The Morgan fingerprint density at radius 2 is 1.86 bits per heavy atom. The van der Waals surface area contributed by atoms with Crippen LogP contribution in [0.3, 0.4) is 0 Å². The lowest BCUT2D eigenvalue weighted by molar-refractivity contribution is 0.115. The van der Waals surface area contributed by atoms with Gasteiger partial charge in [-0.05, 0) is 19.8 Å². The third kappa shape index (κ3) is 3.24. The Morgan fingerprint density at radius 1 is 1.43 bits per heavy atom. The van der Waals surface area contributed by atoms with E-state index in [9.17, 15) is 8.42 Å². The molecule has 0 saturated heterocycles. The Hall–Kier alpha value is -0.660. The van der Waals surface area contributed by atoms with E-state index in [0.29, 0.717) is 0 Å². The lowest BCUT2D eigenvalue weighted by Crippen LogP contribution is -2.40. The van der Waals surface area contributed by atoms with E-state index in [0.717, 1.165) is 0 Å². The third-order valence-corrected chi connectivity index (χ3v) is 2.75. The van der Waals surface area contributed by atoms with Crippen molar-refractivity contribution in [2.24, 2.45) is 5.16 Å². The Labute approximate surface area is 83.5 Å². The average Bonchev–Trinajstić information content (AvgIpc) is 2.11. The minimum absolute atomic E-state index is 0.111. The summed E-state index contributed by atoms with van der Waals surface area (Å²) in [5.74, 6) is 0. The van der Waals surface area contributed by atoms with Gasteiger partial charge in [-0.25, -0.2) is 4.18 Å². The highest BCUT2D eigenvalue weighted by atomic mass is 32.3. The van der Waals surface area contributed by atoms with Crippen LogP contribution in [0.2, 0.25) is 0 Å². The van der Waals surface area contributed by atoms with Crippen molar-refractivity contribution in [3.8, 4) is 0 Å². The molecule has 0 aliphatic heterocycles. The van der Waals surface area contributed by atoms with Gasteiger partial charge in [0.15, 0.2) is 0 Å². The quantitative estimate of drug-likeness (QED) is 0.317. The molecular weight excluding hydrogens is 210 g/mol. The molecule has 0 rings (SSSR count). The minimum Gasteiger partial charge on any atom is -0.411 e. The van der Waals surface area contributed by atoms with Gasteiger partial charge in [-0.1, -0.05) is 19.0 Å². The van der Waals surface area contributed by atoms with Crippen LogP contribution in [-0.2, 0) is 14.6 Å². The van der Waals surface area contributed by atoms with Gasteiger partial charge in [0.25, 0.3) is 0 Å². The molecule has 0 aliphatic rings. The summed E-state index contributed by atoms with van der Waals surface area (Å²) in [7, 11) is -4.55. The van der Waals surface area contributed by atoms with Gasteiger partial charge in [0.2, 0.25) is 0 Å². The fraction of sp³-hybridized carbons (Fsp3) is 0.857. The van der Waals surface area contributed by atoms with Gasteiger partial charge in [-0.2, -0.15) is 8.42 Å². The smallest absolute Gasteiger partial charge is 0.398 e. The average molecular weight is 225 g/mol. The van der Waals surface area contributed by atoms with Crippen LogP contribution >= 0.6 is 0 Å². The minimum atomic E-state index is -4.55. The lowest BCUT2D eigenvalue weighted by atomic mass is 9.93. The zero-order valence-corrected chi connectivity index (χ0v) is 9.21. The topological polar surface area (TPSA) is 96.2 Å². The van der Waals surface area contributed by atoms with Gasteiger partial charge < -0.3 is 5.21 Å². The van der Waals surface area contributed by atoms with E-state index >= 15 is 0 Å². The Balaban J connectivity index is 5.10. The van der Waals surface area contributed by atoms with Crippen LogP contribution in [0.5, 0.6) is 0 Å². The first-order valence-corrected chi connectivity index (χ1v) is 5.55. The first kappa shape index (κ1) is 13.3. The number of rotatable bonds is 5. The van der Waals surface area contributed by atoms with Crippen LogP contribution in [0, 0.1) is 0 Å². The first-order chi connectivity index (χ1) is 6.31. The predicted molar refractivity (Wildman–Crippen MR) is 50.8 cm³/mol. The standard InChI is InChI=1S/C7H15NO5S/c1-4-7(5-2,6(3)8-9)13-14(10,11)12/h9H,4-5H2,1-3H3,(H,10,11,12)/b8-6+. The number of oxime groups is 1. The van der Waals surface area contributed by atoms with Crippen molar-refractivity contribution in [1.29, 1.82) is 0 Å². The maximum atomic E-state index is 10.6. The van der Waals surface area contributed by atoms with Crippen LogP contribution in [0.1, 0.15) is 33.6 Å². The number of nitrogens with zero attached hydrogens (tertiary/aromatic N) is 1. The Kier molecular flexibility index (Phi) is 4.50. The first-order valence-electron chi connectivity index (χ1n) is 4.18. The van der Waals surface area contributed by atoms with Crippen LogP contribution < -0.4 is 0 Å². The van der Waals surface area contributed by atoms with Crippen molar-refractivity contribution < 1.29 is 22.4 Å². The molecule has 0 fully saturated rings. The van der Waals surface area contributed by atoms with E-state index < -0.39 is 16.0 Å². The second kappa shape index (κ2) is 4.72. The molecule has 0 aromatic rings. The zero-order chi connectivity index (χ0) is 11.4. The maximum Gasteiger partial charge on any atom is 0.398 e. The summed E-state index contributed by atoms with van der Waals surface area (Å²) in [6, 6.07) is 0. The number of hydrogen-bond donors (Lipinski definition) is 2. The molecule has 0 bridgehead atoms. The highest BCUT2D eigenvalue weighted by molar-refractivity contribution is 7.81. The summed E-state index contributed by atoms with van der Waals surface area (Å²) in [6.45, 7) is 4.77. The largest absolute Gasteiger partial charge is 0.411 e. The zero-order valence-electron chi connectivity index (χ0n) is 8.39. The third-order valence-electron chi connectivity index (χ3n) is 2.22. The SMILES string of the molecule is CCC(CC)(OS(=O)(=O)O)/C(C)=N/O. The van der Waals surface area contributed by atoms with Crippen molar-refractivity contribution in [3.63, 3.8) is 0 Å². The summed E-state index contributed by atoms with van der Waals surface area (Å²) in [6.07, 6.45) is 0.554. The van der Waals surface area contributed by atoms with Gasteiger partial charge >= 0.3 is 10.4 Å². The van der Waals surface area contributed by atoms with E-state index in [2.05, 4.69) is 9.34 Å². The summed E-state index contributed by atoms with van der Waals surface area (Å²) in [5, 5.41) is 11.5. The van der Waals surface area contributed by atoms with Crippen molar-refractivity contribution in [3.05, 3.63) is 0 Å². The molecule has 0 amide bonds. The summed E-state index contributed by atoms with van der Waals surface area (Å²) in [4.78, 5) is 0. The van der Waals surface area contributed by atoms with Crippen LogP contribution in [-0.4, -0.2) is 29.5 Å². The van der Waals surface area contributed by atoms with Gasteiger partial charge in [0.05, 0.1) is 5.71 Å². The van der Waals surface area contributed by atoms with Crippen LogP contribution in [0.25, 0.3) is 0 Å². The van der Waals surface area contributed by atoms with Crippen molar-refractivity contribution in [1.82, 2.24) is 0 Å². The van der Waals surface area contributed by atoms with E-state index in [1.165, 1.54) is 6.92 Å². The summed E-state index contributed by atoms with van der Waals surface area (Å²) >= 11 is 0. The number of hydrogen-bond acceptors (Lipinski definition) is 5. The highest BCUT2D eigenvalue weighted by Gasteiger charge is 2.36. The van der Waals surface area contributed by atoms with Crippen molar-refractivity contribution in [2.45, 2.75) is 39.2 Å². The van der Waals surface area contributed by atoms with Gasteiger partial charge in [-0.3, -0.25) is 4.55 Å². The lowest BCUT2D eigenvalue weighted by Gasteiger charge is -2.28. The van der Waals surface area contributed by atoms with Crippen LogP contribution in [0.4, 0.5) is 0 Å². The Morgan fingerprint density at radius 3 is 2.07 bits per heavy atom. The highest BCUT2D eigenvalue weighted by Crippen LogP contribution is 2.24. The molecule has 14 heavy (non-hydrogen) atoms. The molecule has 84 valence electrons. The summed E-state index contributed by atoms with van der Waals surface area (Å²) in [5.41, 5.74) is -1.15. The molecule has 0 radical (unpaired) electrons. The van der Waals surface area contributed by atoms with E-state index in [1.807, 2.05) is 0 Å². The molecule has 0 aromatic heterocycles. The van der Waals surface area contributed by atoms with Crippen molar-refractivity contribution >= 4 is 16.1 Å². The molecule has 7 heteroatoms. The monoisotopic (exact) mass is 225 g/mol. The molecule has 0 unspecified atom stereocenters. The van der Waals surface area contributed by atoms with Crippen LogP contribution in [0.15, 0.2) is 5.16 Å². The molecule has 0 aromatic carbocycles. The second-order valence-electron chi connectivity index (χ2n) is 2.90. The predicted octanol–water partition coefficient (Wildman–Crippen LogP) is 1.21. The van der Waals surface area contributed by atoms with Crippen molar-refractivity contribution in [2.75, 3.05) is 0 Å². The second-order valence-corrected chi connectivity index (χ2v) is 3.92. The molecule has 0 aliphatic carbocycles. The molecule has 0 atom stereocenters. The van der Waals surface area contributed by atoms with Gasteiger partial charge in [-0.15, -0.1) is 0 Å².